The number of piperidine rings is 1. The van der Waals surface area contributed by atoms with Crippen molar-refractivity contribution in [1.82, 2.24) is 14.9 Å². The second-order valence-electron chi connectivity index (χ2n) is 9.39. The SMILES string of the molecule is COc1cc2nc(N3CCCC(OC)C3)nc(NC3CCN(Cc4ccccc4)C3)c2cc1OC. The molecule has 0 amide bonds. The van der Waals surface area contributed by atoms with E-state index >= 15 is 0 Å². The number of anilines is 2. The average molecular weight is 478 g/mol. The van der Waals surface area contributed by atoms with Crippen LogP contribution in [0.3, 0.4) is 0 Å². The maximum Gasteiger partial charge on any atom is 0.227 e. The highest BCUT2D eigenvalue weighted by molar-refractivity contribution is 5.93. The van der Waals surface area contributed by atoms with Crippen molar-refractivity contribution in [2.24, 2.45) is 0 Å². The molecule has 186 valence electrons. The Kier molecular flexibility index (Phi) is 7.20. The zero-order chi connectivity index (χ0) is 24.2. The minimum Gasteiger partial charge on any atom is -0.493 e. The van der Waals surface area contributed by atoms with E-state index in [2.05, 4.69) is 45.4 Å². The molecule has 2 saturated heterocycles. The molecule has 0 aliphatic carbocycles. The van der Waals surface area contributed by atoms with E-state index in [0.717, 1.165) is 74.7 Å². The highest BCUT2D eigenvalue weighted by atomic mass is 16.5. The van der Waals surface area contributed by atoms with E-state index in [9.17, 15) is 0 Å². The van der Waals surface area contributed by atoms with E-state index in [1.165, 1.54) is 5.56 Å². The molecule has 5 rings (SSSR count). The van der Waals surface area contributed by atoms with Gasteiger partial charge >= 0.3 is 0 Å². The van der Waals surface area contributed by atoms with E-state index < -0.39 is 0 Å². The first-order valence-electron chi connectivity index (χ1n) is 12.4. The zero-order valence-electron chi connectivity index (χ0n) is 20.9. The van der Waals surface area contributed by atoms with E-state index in [1.807, 2.05) is 12.1 Å². The Bertz CT molecular complexity index is 1140. The van der Waals surface area contributed by atoms with Crippen LogP contribution in [0, 0.1) is 0 Å². The fourth-order valence-corrected chi connectivity index (χ4v) is 5.14. The quantitative estimate of drug-likeness (QED) is 0.523. The summed E-state index contributed by atoms with van der Waals surface area (Å²) < 4.78 is 16.8. The first kappa shape index (κ1) is 23.6. The van der Waals surface area contributed by atoms with Gasteiger partial charge in [-0.25, -0.2) is 4.98 Å². The van der Waals surface area contributed by atoms with Crippen LogP contribution >= 0.6 is 0 Å². The summed E-state index contributed by atoms with van der Waals surface area (Å²) in [6.45, 7) is 4.71. The average Bonchev–Trinajstić information content (AvgIpc) is 3.34. The molecular weight excluding hydrogens is 442 g/mol. The summed E-state index contributed by atoms with van der Waals surface area (Å²) >= 11 is 0. The van der Waals surface area contributed by atoms with Crippen molar-refractivity contribution < 1.29 is 14.2 Å². The number of rotatable bonds is 8. The van der Waals surface area contributed by atoms with Gasteiger partial charge in [0.2, 0.25) is 5.95 Å². The molecule has 35 heavy (non-hydrogen) atoms. The fraction of sp³-hybridized carbons (Fsp3) is 0.481. The first-order chi connectivity index (χ1) is 17.2. The standard InChI is InChI=1S/C27H35N5O3/c1-33-21-10-7-12-32(18-21)27-29-23-15-25(35-3)24(34-2)14-22(23)26(30-27)28-20-11-13-31(17-20)16-19-8-5-4-6-9-19/h4-6,8-9,14-15,20-21H,7,10-13,16-18H2,1-3H3,(H,28,29,30). The monoisotopic (exact) mass is 477 g/mol. The van der Waals surface area contributed by atoms with Crippen LogP contribution < -0.4 is 19.7 Å². The van der Waals surface area contributed by atoms with Gasteiger partial charge in [0, 0.05) is 57.3 Å². The highest BCUT2D eigenvalue weighted by Crippen LogP contribution is 2.36. The number of benzene rings is 2. The Morgan fingerprint density at radius 1 is 0.943 bits per heavy atom. The molecule has 0 bridgehead atoms. The summed E-state index contributed by atoms with van der Waals surface area (Å²) in [7, 11) is 5.09. The van der Waals surface area contributed by atoms with Crippen LogP contribution in [0.2, 0.25) is 0 Å². The summed E-state index contributed by atoms with van der Waals surface area (Å²) in [5.74, 6) is 2.91. The van der Waals surface area contributed by atoms with Gasteiger partial charge in [0.15, 0.2) is 11.5 Å². The van der Waals surface area contributed by atoms with Gasteiger partial charge in [-0.2, -0.15) is 4.98 Å². The number of hydrogen-bond acceptors (Lipinski definition) is 8. The normalized spacial score (nSPS) is 20.8. The molecule has 2 aliphatic heterocycles. The summed E-state index contributed by atoms with van der Waals surface area (Å²) in [6.07, 6.45) is 3.39. The molecule has 2 fully saturated rings. The van der Waals surface area contributed by atoms with E-state index in [4.69, 9.17) is 24.2 Å². The molecule has 1 aromatic heterocycles. The third kappa shape index (κ3) is 5.28. The number of ether oxygens (including phenoxy) is 3. The Hall–Kier alpha value is -3.10. The maximum atomic E-state index is 5.64. The molecule has 3 heterocycles. The summed E-state index contributed by atoms with van der Waals surface area (Å²) in [5.41, 5.74) is 2.19. The minimum atomic E-state index is 0.200. The molecule has 8 nitrogen and oxygen atoms in total. The van der Waals surface area contributed by atoms with Gasteiger partial charge in [0.25, 0.3) is 0 Å². The van der Waals surface area contributed by atoms with Crippen molar-refractivity contribution in [3.63, 3.8) is 0 Å². The predicted molar refractivity (Wildman–Crippen MR) is 139 cm³/mol. The van der Waals surface area contributed by atoms with Gasteiger partial charge in [-0.3, -0.25) is 4.90 Å². The lowest BCUT2D eigenvalue weighted by Gasteiger charge is -2.32. The lowest BCUT2D eigenvalue weighted by molar-refractivity contribution is 0.0889. The van der Waals surface area contributed by atoms with Gasteiger partial charge in [-0.15, -0.1) is 0 Å². The molecule has 2 aromatic carbocycles. The first-order valence-corrected chi connectivity index (χ1v) is 12.4. The van der Waals surface area contributed by atoms with Crippen molar-refractivity contribution in [2.75, 3.05) is 57.7 Å². The third-order valence-electron chi connectivity index (χ3n) is 7.05. The second-order valence-corrected chi connectivity index (χ2v) is 9.39. The van der Waals surface area contributed by atoms with Crippen LogP contribution in [0.4, 0.5) is 11.8 Å². The molecule has 2 unspecified atom stereocenters. The summed E-state index contributed by atoms with van der Waals surface area (Å²) in [5, 5.41) is 4.68. The number of nitrogens with zero attached hydrogens (tertiary/aromatic N) is 4. The molecule has 3 aromatic rings. The molecule has 0 saturated carbocycles. The van der Waals surface area contributed by atoms with E-state index in [1.54, 1.807) is 21.3 Å². The Labute approximate surface area is 207 Å². The van der Waals surface area contributed by atoms with Crippen LogP contribution in [0.1, 0.15) is 24.8 Å². The second kappa shape index (κ2) is 10.7. The summed E-state index contributed by atoms with van der Waals surface area (Å²) in [4.78, 5) is 14.7. The van der Waals surface area contributed by atoms with Crippen LogP contribution in [0.5, 0.6) is 11.5 Å². The Morgan fingerprint density at radius 3 is 2.51 bits per heavy atom. The molecule has 2 aliphatic rings. The third-order valence-corrected chi connectivity index (χ3v) is 7.05. The zero-order valence-corrected chi connectivity index (χ0v) is 20.9. The van der Waals surface area contributed by atoms with Crippen LogP contribution in [0.25, 0.3) is 10.9 Å². The van der Waals surface area contributed by atoms with Crippen molar-refractivity contribution >= 4 is 22.7 Å². The largest absolute Gasteiger partial charge is 0.493 e. The van der Waals surface area contributed by atoms with Crippen molar-refractivity contribution in [3.8, 4) is 11.5 Å². The van der Waals surface area contributed by atoms with Crippen LogP contribution in [-0.2, 0) is 11.3 Å². The lowest BCUT2D eigenvalue weighted by atomic mass is 10.1. The van der Waals surface area contributed by atoms with Gasteiger partial charge in [-0.1, -0.05) is 30.3 Å². The van der Waals surface area contributed by atoms with Crippen molar-refractivity contribution in [2.45, 2.75) is 38.0 Å². The van der Waals surface area contributed by atoms with Gasteiger partial charge < -0.3 is 24.4 Å². The smallest absolute Gasteiger partial charge is 0.227 e. The number of methoxy groups -OCH3 is 3. The molecule has 1 N–H and O–H groups in total. The lowest BCUT2D eigenvalue weighted by Crippen LogP contribution is -2.40. The number of fused-ring (bicyclic) bond motifs is 1. The van der Waals surface area contributed by atoms with Crippen LogP contribution in [-0.4, -0.2) is 74.5 Å². The number of nitrogens with one attached hydrogen (secondary N) is 1. The molecular formula is C27H35N5O3. The van der Waals surface area contributed by atoms with Gasteiger partial charge in [0.05, 0.1) is 25.8 Å². The predicted octanol–water partition coefficient (Wildman–Crippen LogP) is 3.95. The van der Waals surface area contributed by atoms with Crippen molar-refractivity contribution in [1.29, 1.82) is 0 Å². The number of likely N-dealkylation sites (tertiary alicyclic amines) is 1. The molecule has 2 atom stereocenters. The topological polar surface area (TPSA) is 72.0 Å². The number of hydrogen-bond donors (Lipinski definition) is 1. The van der Waals surface area contributed by atoms with Gasteiger partial charge in [-0.05, 0) is 30.9 Å². The molecule has 8 heteroatoms. The molecule has 0 spiro atoms. The van der Waals surface area contributed by atoms with E-state index in [0.29, 0.717) is 17.5 Å². The highest BCUT2D eigenvalue weighted by Gasteiger charge is 2.26. The van der Waals surface area contributed by atoms with Crippen molar-refractivity contribution in [3.05, 3.63) is 48.0 Å². The minimum absolute atomic E-state index is 0.200. The Balaban J connectivity index is 1.43. The van der Waals surface area contributed by atoms with E-state index in [-0.39, 0.29) is 6.10 Å². The number of aromatic nitrogens is 2. The van der Waals surface area contributed by atoms with Crippen LogP contribution in [0.15, 0.2) is 42.5 Å². The molecule has 0 radical (unpaired) electrons. The summed E-state index contributed by atoms with van der Waals surface area (Å²) in [6, 6.07) is 14.9. The Morgan fingerprint density at radius 2 is 1.74 bits per heavy atom. The fourth-order valence-electron chi connectivity index (χ4n) is 5.14. The maximum absolute atomic E-state index is 5.64. The van der Waals surface area contributed by atoms with Gasteiger partial charge in [0.1, 0.15) is 5.82 Å².